The molecule has 1 saturated carbocycles. The van der Waals surface area contributed by atoms with Crippen LogP contribution in [0.2, 0.25) is 0 Å². The van der Waals surface area contributed by atoms with E-state index in [0.29, 0.717) is 5.56 Å². The highest BCUT2D eigenvalue weighted by molar-refractivity contribution is 5.89. The molecule has 1 heterocycles. The van der Waals surface area contributed by atoms with E-state index in [4.69, 9.17) is 4.74 Å². The molecule has 4 nitrogen and oxygen atoms in total. The maximum atomic E-state index is 11.4. The monoisotopic (exact) mass is 288 g/mol. The second kappa shape index (κ2) is 6.58. The lowest BCUT2D eigenvalue weighted by molar-refractivity contribution is 0.0600. The molecule has 0 amide bonds. The quantitative estimate of drug-likeness (QED) is 0.814. The second-order valence-electron chi connectivity index (χ2n) is 6.20. The Morgan fingerprint density at radius 3 is 2.71 bits per heavy atom. The van der Waals surface area contributed by atoms with Gasteiger partial charge in [-0.1, -0.05) is 12.1 Å². The number of nitrogens with one attached hydrogen (secondary N) is 1. The van der Waals surface area contributed by atoms with Gasteiger partial charge in [0.25, 0.3) is 0 Å². The lowest BCUT2D eigenvalue weighted by Crippen LogP contribution is -2.27. The van der Waals surface area contributed by atoms with Gasteiger partial charge in [0.15, 0.2) is 0 Å². The van der Waals surface area contributed by atoms with Gasteiger partial charge in [-0.15, -0.1) is 0 Å². The van der Waals surface area contributed by atoms with Gasteiger partial charge in [0.1, 0.15) is 0 Å². The minimum Gasteiger partial charge on any atom is -0.465 e. The van der Waals surface area contributed by atoms with Crippen LogP contribution in [0.25, 0.3) is 0 Å². The van der Waals surface area contributed by atoms with Crippen LogP contribution >= 0.6 is 0 Å². The fraction of sp³-hybridized carbons (Fsp3) is 0.588. The minimum atomic E-state index is -0.277. The highest BCUT2D eigenvalue weighted by atomic mass is 16.5. The maximum absolute atomic E-state index is 11.4. The molecule has 2 fully saturated rings. The Labute approximate surface area is 126 Å². The summed E-state index contributed by atoms with van der Waals surface area (Å²) >= 11 is 0. The average molecular weight is 288 g/mol. The van der Waals surface area contributed by atoms with Crippen molar-refractivity contribution in [1.82, 2.24) is 10.2 Å². The van der Waals surface area contributed by atoms with Gasteiger partial charge in [0.05, 0.1) is 12.7 Å². The fourth-order valence-electron chi connectivity index (χ4n) is 3.10. The zero-order valence-electron chi connectivity index (χ0n) is 12.7. The Morgan fingerprint density at radius 1 is 1.29 bits per heavy atom. The highest BCUT2D eigenvalue weighted by Crippen LogP contribution is 2.31. The largest absolute Gasteiger partial charge is 0.465 e. The molecule has 0 bridgehead atoms. The van der Waals surface area contributed by atoms with Gasteiger partial charge >= 0.3 is 5.97 Å². The lowest BCUT2D eigenvalue weighted by atomic mass is 10.1. The number of likely N-dealkylation sites (tertiary alicyclic amines) is 1. The van der Waals surface area contributed by atoms with Crippen LogP contribution in [0.3, 0.4) is 0 Å². The van der Waals surface area contributed by atoms with Gasteiger partial charge in [0, 0.05) is 19.1 Å². The van der Waals surface area contributed by atoms with Crippen LogP contribution in [-0.2, 0) is 11.3 Å². The summed E-state index contributed by atoms with van der Waals surface area (Å²) in [5.41, 5.74) is 1.82. The summed E-state index contributed by atoms with van der Waals surface area (Å²) in [6, 6.07) is 8.54. The van der Waals surface area contributed by atoms with Gasteiger partial charge in [-0.25, -0.2) is 4.79 Å². The molecular formula is C17H24N2O2. The molecule has 2 aliphatic rings. The summed E-state index contributed by atoms with van der Waals surface area (Å²) in [7, 11) is 1.41. The smallest absolute Gasteiger partial charge is 0.337 e. The molecule has 21 heavy (non-hydrogen) atoms. The molecule has 0 radical (unpaired) electrons. The predicted octanol–water partition coefficient (Wildman–Crippen LogP) is 2.05. The number of benzene rings is 1. The van der Waals surface area contributed by atoms with Crippen molar-refractivity contribution < 1.29 is 9.53 Å². The van der Waals surface area contributed by atoms with E-state index < -0.39 is 0 Å². The van der Waals surface area contributed by atoms with E-state index in [2.05, 4.69) is 10.2 Å². The average Bonchev–Trinajstić information content (AvgIpc) is 3.27. The number of hydrogen-bond donors (Lipinski definition) is 1. The number of carbonyl (C=O) groups excluding carboxylic acids is 1. The van der Waals surface area contributed by atoms with Crippen LogP contribution in [0.15, 0.2) is 24.3 Å². The first-order valence-corrected chi connectivity index (χ1v) is 7.88. The molecule has 114 valence electrons. The number of hydrogen-bond acceptors (Lipinski definition) is 4. The number of esters is 1. The zero-order valence-corrected chi connectivity index (χ0v) is 12.7. The number of nitrogens with zero attached hydrogens (tertiary/aromatic N) is 1. The fourth-order valence-corrected chi connectivity index (χ4v) is 3.10. The van der Waals surface area contributed by atoms with E-state index in [1.807, 2.05) is 24.3 Å². The third-order valence-corrected chi connectivity index (χ3v) is 4.52. The lowest BCUT2D eigenvalue weighted by Gasteiger charge is -2.15. The maximum Gasteiger partial charge on any atom is 0.337 e. The topological polar surface area (TPSA) is 41.6 Å². The van der Waals surface area contributed by atoms with E-state index in [9.17, 15) is 4.79 Å². The van der Waals surface area contributed by atoms with E-state index in [-0.39, 0.29) is 5.97 Å². The van der Waals surface area contributed by atoms with Crippen LogP contribution in [0.1, 0.15) is 35.2 Å². The summed E-state index contributed by atoms with van der Waals surface area (Å²) in [6.07, 6.45) is 4.14. The molecule has 0 aromatic heterocycles. The molecule has 1 unspecified atom stereocenters. The first kappa shape index (κ1) is 14.5. The molecule has 1 atom stereocenters. The number of ether oxygens (including phenoxy) is 1. The van der Waals surface area contributed by atoms with Crippen LogP contribution < -0.4 is 5.32 Å². The normalized spacial score (nSPS) is 22.4. The van der Waals surface area contributed by atoms with Crippen molar-refractivity contribution in [2.24, 2.45) is 5.92 Å². The van der Waals surface area contributed by atoms with Gasteiger partial charge < -0.3 is 15.0 Å². The molecule has 1 saturated heterocycles. The molecule has 1 aromatic rings. The number of methoxy groups -OCH3 is 1. The van der Waals surface area contributed by atoms with Gasteiger partial charge in [0.2, 0.25) is 0 Å². The van der Waals surface area contributed by atoms with Gasteiger partial charge in [-0.2, -0.15) is 0 Å². The van der Waals surface area contributed by atoms with Crippen LogP contribution in [0.4, 0.5) is 0 Å². The van der Waals surface area contributed by atoms with Gasteiger partial charge in [-0.05, 0) is 56.0 Å². The Bertz CT molecular complexity index is 482. The van der Waals surface area contributed by atoms with E-state index in [1.54, 1.807) is 0 Å². The summed E-state index contributed by atoms with van der Waals surface area (Å²) < 4.78 is 4.70. The van der Waals surface area contributed by atoms with Crippen molar-refractivity contribution >= 4 is 5.97 Å². The Kier molecular flexibility index (Phi) is 4.56. The number of carbonyl (C=O) groups is 1. The predicted molar refractivity (Wildman–Crippen MR) is 82.2 cm³/mol. The molecular weight excluding hydrogens is 264 g/mol. The SMILES string of the molecule is COC(=O)c1ccc(CNCC2CCN(C3CC3)C2)cc1. The minimum absolute atomic E-state index is 0.277. The first-order chi connectivity index (χ1) is 10.3. The van der Waals surface area contributed by atoms with Crippen molar-refractivity contribution in [3.8, 4) is 0 Å². The van der Waals surface area contributed by atoms with E-state index in [1.165, 1.54) is 45.0 Å². The van der Waals surface area contributed by atoms with Crippen molar-refractivity contribution in [3.05, 3.63) is 35.4 Å². The molecule has 4 heteroatoms. The Hall–Kier alpha value is -1.39. The second-order valence-corrected chi connectivity index (χ2v) is 6.20. The summed E-state index contributed by atoms with van der Waals surface area (Å²) in [4.78, 5) is 14.0. The molecule has 0 spiro atoms. The van der Waals surface area contributed by atoms with Crippen molar-refractivity contribution in [2.45, 2.75) is 31.8 Å². The van der Waals surface area contributed by atoms with Crippen LogP contribution in [-0.4, -0.2) is 43.7 Å². The Morgan fingerprint density at radius 2 is 2.05 bits per heavy atom. The molecule has 1 aliphatic carbocycles. The van der Waals surface area contributed by atoms with E-state index >= 15 is 0 Å². The highest BCUT2D eigenvalue weighted by Gasteiger charge is 2.33. The first-order valence-electron chi connectivity index (χ1n) is 7.88. The van der Waals surface area contributed by atoms with Crippen molar-refractivity contribution in [1.29, 1.82) is 0 Å². The molecule has 1 aliphatic heterocycles. The third kappa shape index (κ3) is 3.83. The zero-order chi connectivity index (χ0) is 14.7. The van der Waals surface area contributed by atoms with Crippen LogP contribution in [0.5, 0.6) is 0 Å². The molecule has 1 N–H and O–H groups in total. The van der Waals surface area contributed by atoms with Crippen molar-refractivity contribution in [2.75, 3.05) is 26.7 Å². The summed E-state index contributed by atoms with van der Waals surface area (Å²) in [5.74, 6) is 0.514. The Balaban J connectivity index is 1.40. The standard InChI is InChI=1S/C17H24N2O2/c1-21-17(20)15-4-2-13(3-5-15)10-18-11-14-8-9-19(12-14)16-6-7-16/h2-5,14,16,18H,6-12H2,1H3. The van der Waals surface area contributed by atoms with Gasteiger partial charge in [-0.3, -0.25) is 0 Å². The van der Waals surface area contributed by atoms with Crippen molar-refractivity contribution in [3.63, 3.8) is 0 Å². The number of rotatable bonds is 6. The van der Waals surface area contributed by atoms with E-state index in [0.717, 1.165) is 25.0 Å². The third-order valence-electron chi connectivity index (χ3n) is 4.52. The summed E-state index contributed by atoms with van der Waals surface area (Å²) in [5, 5.41) is 3.54. The summed E-state index contributed by atoms with van der Waals surface area (Å²) in [6.45, 7) is 4.49. The molecule has 1 aromatic carbocycles. The molecule has 3 rings (SSSR count). The van der Waals surface area contributed by atoms with Crippen LogP contribution in [0, 0.1) is 5.92 Å².